The third-order valence-electron chi connectivity index (χ3n) is 2.97. The van der Waals surface area contributed by atoms with E-state index in [4.69, 9.17) is 11.5 Å². The molecule has 1 amide bonds. The van der Waals surface area contributed by atoms with Gasteiger partial charge in [-0.25, -0.2) is 4.98 Å². The third-order valence-corrected chi connectivity index (χ3v) is 2.97. The maximum atomic E-state index is 10.8. The molecule has 2 rings (SSSR count). The summed E-state index contributed by atoms with van der Waals surface area (Å²) in [6, 6.07) is 5.72. The number of hydrogen-bond acceptors (Lipinski definition) is 3. The van der Waals surface area contributed by atoms with Crippen LogP contribution >= 0.6 is 0 Å². The molecule has 1 aromatic heterocycles. The highest BCUT2D eigenvalue weighted by Crippen LogP contribution is 2.20. The standard InChI is InChI=1S/C13H18N4O/c1-2-13-16-10-8-9(14)5-6-11(10)17(13)7-3-4-12(15)18/h5-6,8H,2-4,7,14H2,1H3,(H2,15,18). The Kier molecular flexibility index (Phi) is 3.50. The van der Waals surface area contributed by atoms with Crippen molar-refractivity contribution < 1.29 is 4.79 Å². The molecule has 5 nitrogen and oxygen atoms in total. The monoisotopic (exact) mass is 246 g/mol. The molecule has 2 aromatic rings. The molecule has 0 aliphatic carbocycles. The van der Waals surface area contributed by atoms with Crippen LogP contribution in [0.3, 0.4) is 0 Å². The number of amides is 1. The van der Waals surface area contributed by atoms with Crippen LogP contribution in [0.15, 0.2) is 18.2 Å². The maximum Gasteiger partial charge on any atom is 0.217 e. The highest BCUT2D eigenvalue weighted by molar-refractivity contribution is 5.79. The predicted molar refractivity (Wildman–Crippen MR) is 72.0 cm³/mol. The van der Waals surface area contributed by atoms with E-state index in [2.05, 4.69) is 16.5 Å². The van der Waals surface area contributed by atoms with Crippen molar-refractivity contribution in [1.82, 2.24) is 9.55 Å². The molecule has 0 unspecified atom stereocenters. The minimum atomic E-state index is -0.262. The average Bonchev–Trinajstić information content (AvgIpc) is 2.66. The number of anilines is 1. The van der Waals surface area contributed by atoms with Crippen LogP contribution in [0, 0.1) is 0 Å². The van der Waals surface area contributed by atoms with Gasteiger partial charge in [-0.15, -0.1) is 0 Å². The first kappa shape index (κ1) is 12.4. The molecule has 18 heavy (non-hydrogen) atoms. The zero-order valence-corrected chi connectivity index (χ0v) is 10.5. The van der Waals surface area contributed by atoms with Gasteiger partial charge in [0.05, 0.1) is 11.0 Å². The Morgan fingerprint density at radius 2 is 2.22 bits per heavy atom. The van der Waals surface area contributed by atoms with Crippen molar-refractivity contribution in [2.75, 3.05) is 5.73 Å². The second-order valence-corrected chi connectivity index (χ2v) is 4.35. The third kappa shape index (κ3) is 2.45. The van der Waals surface area contributed by atoms with Gasteiger partial charge < -0.3 is 16.0 Å². The average molecular weight is 246 g/mol. The first-order valence-corrected chi connectivity index (χ1v) is 6.14. The SMILES string of the molecule is CCc1nc2cc(N)ccc2n1CCCC(N)=O. The van der Waals surface area contributed by atoms with E-state index in [9.17, 15) is 4.79 Å². The number of aromatic nitrogens is 2. The summed E-state index contributed by atoms with van der Waals surface area (Å²) >= 11 is 0. The molecule has 4 N–H and O–H groups in total. The van der Waals surface area contributed by atoms with Gasteiger partial charge in [0.25, 0.3) is 0 Å². The van der Waals surface area contributed by atoms with Crippen LogP contribution in [0.25, 0.3) is 11.0 Å². The Balaban J connectivity index is 2.31. The zero-order chi connectivity index (χ0) is 13.1. The molecular weight excluding hydrogens is 228 g/mol. The number of imidazole rings is 1. The van der Waals surface area contributed by atoms with Gasteiger partial charge >= 0.3 is 0 Å². The van der Waals surface area contributed by atoms with E-state index in [1.165, 1.54) is 0 Å². The van der Waals surface area contributed by atoms with Gasteiger partial charge in [0.2, 0.25) is 5.91 Å². The number of nitrogens with zero attached hydrogens (tertiary/aromatic N) is 2. The number of carbonyl (C=O) groups excluding carboxylic acids is 1. The lowest BCUT2D eigenvalue weighted by molar-refractivity contribution is -0.118. The Bertz CT molecular complexity index is 574. The van der Waals surface area contributed by atoms with Crippen molar-refractivity contribution in [2.24, 2.45) is 5.73 Å². The van der Waals surface area contributed by atoms with Crippen LogP contribution in [0.4, 0.5) is 5.69 Å². The molecule has 0 fully saturated rings. The zero-order valence-electron chi connectivity index (χ0n) is 10.5. The smallest absolute Gasteiger partial charge is 0.217 e. The summed E-state index contributed by atoms with van der Waals surface area (Å²) < 4.78 is 2.14. The molecule has 1 aromatic carbocycles. The van der Waals surface area contributed by atoms with Crippen molar-refractivity contribution in [2.45, 2.75) is 32.7 Å². The number of nitrogen functional groups attached to an aromatic ring is 1. The second kappa shape index (κ2) is 5.08. The Hall–Kier alpha value is -2.04. The van der Waals surface area contributed by atoms with Gasteiger partial charge in [-0.1, -0.05) is 6.92 Å². The lowest BCUT2D eigenvalue weighted by atomic mass is 10.2. The predicted octanol–water partition coefficient (Wildman–Crippen LogP) is 1.45. The van der Waals surface area contributed by atoms with Crippen LogP contribution in [-0.2, 0) is 17.8 Å². The van der Waals surface area contributed by atoms with Crippen molar-refractivity contribution in [1.29, 1.82) is 0 Å². The number of carbonyl (C=O) groups is 1. The molecule has 0 spiro atoms. The summed E-state index contributed by atoms with van der Waals surface area (Å²) in [4.78, 5) is 15.3. The van der Waals surface area contributed by atoms with Gasteiger partial charge in [-0.3, -0.25) is 4.79 Å². The van der Waals surface area contributed by atoms with Crippen molar-refractivity contribution in [3.8, 4) is 0 Å². The lowest BCUT2D eigenvalue weighted by Crippen LogP contribution is -2.12. The van der Waals surface area contributed by atoms with Gasteiger partial charge in [-0.2, -0.15) is 0 Å². The molecule has 0 bridgehead atoms. The summed E-state index contributed by atoms with van der Waals surface area (Å²) in [5.41, 5.74) is 13.6. The van der Waals surface area contributed by atoms with Crippen LogP contribution in [-0.4, -0.2) is 15.5 Å². The van der Waals surface area contributed by atoms with Gasteiger partial charge in [0.1, 0.15) is 5.82 Å². The Labute approximate surface area is 106 Å². The van der Waals surface area contributed by atoms with Crippen LogP contribution in [0.1, 0.15) is 25.6 Å². The lowest BCUT2D eigenvalue weighted by Gasteiger charge is -2.07. The van der Waals surface area contributed by atoms with E-state index in [0.29, 0.717) is 12.1 Å². The first-order valence-electron chi connectivity index (χ1n) is 6.14. The minimum Gasteiger partial charge on any atom is -0.399 e. The molecule has 0 radical (unpaired) electrons. The molecule has 0 saturated carbocycles. The fraction of sp³-hybridized carbons (Fsp3) is 0.385. The number of aryl methyl sites for hydroxylation is 2. The van der Waals surface area contributed by atoms with Crippen LogP contribution in [0.5, 0.6) is 0 Å². The minimum absolute atomic E-state index is 0.262. The summed E-state index contributed by atoms with van der Waals surface area (Å²) in [7, 11) is 0. The molecule has 0 aliphatic heterocycles. The number of hydrogen-bond donors (Lipinski definition) is 2. The van der Waals surface area contributed by atoms with Gasteiger partial charge in [-0.05, 0) is 24.6 Å². The largest absolute Gasteiger partial charge is 0.399 e. The molecule has 5 heteroatoms. The number of nitrogens with two attached hydrogens (primary N) is 2. The topological polar surface area (TPSA) is 86.9 Å². The highest BCUT2D eigenvalue weighted by atomic mass is 16.1. The van der Waals surface area contributed by atoms with Crippen molar-refractivity contribution in [3.05, 3.63) is 24.0 Å². The molecular formula is C13H18N4O. The van der Waals surface area contributed by atoms with Gasteiger partial charge in [0, 0.05) is 25.1 Å². The second-order valence-electron chi connectivity index (χ2n) is 4.35. The fourth-order valence-corrected chi connectivity index (χ4v) is 2.13. The number of rotatable bonds is 5. The van der Waals surface area contributed by atoms with Crippen LogP contribution < -0.4 is 11.5 Å². The number of benzene rings is 1. The van der Waals surface area contributed by atoms with Gasteiger partial charge in [0.15, 0.2) is 0 Å². The highest BCUT2D eigenvalue weighted by Gasteiger charge is 2.09. The quantitative estimate of drug-likeness (QED) is 0.783. The summed E-state index contributed by atoms with van der Waals surface area (Å²) in [5, 5.41) is 0. The summed E-state index contributed by atoms with van der Waals surface area (Å²) in [5.74, 6) is 0.752. The van der Waals surface area contributed by atoms with E-state index in [0.717, 1.165) is 36.2 Å². The Morgan fingerprint density at radius 3 is 2.89 bits per heavy atom. The van der Waals surface area contributed by atoms with Crippen molar-refractivity contribution >= 4 is 22.6 Å². The number of fused-ring (bicyclic) bond motifs is 1. The van der Waals surface area contributed by atoms with Crippen molar-refractivity contribution in [3.63, 3.8) is 0 Å². The van der Waals surface area contributed by atoms with Crippen LogP contribution in [0.2, 0.25) is 0 Å². The maximum absolute atomic E-state index is 10.8. The van der Waals surface area contributed by atoms with E-state index in [1.807, 2.05) is 18.2 Å². The summed E-state index contributed by atoms with van der Waals surface area (Å²) in [6.07, 6.45) is 1.99. The Morgan fingerprint density at radius 1 is 1.44 bits per heavy atom. The van der Waals surface area contributed by atoms with E-state index in [-0.39, 0.29) is 5.91 Å². The van der Waals surface area contributed by atoms with E-state index >= 15 is 0 Å². The summed E-state index contributed by atoms with van der Waals surface area (Å²) in [6.45, 7) is 2.82. The first-order chi connectivity index (χ1) is 8.61. The molecule has 0 saturated heterocycles. The van der Waals surface area contributed by atoms with E-state index in [1.54, 1.807) is 0 Å². The molecule has 0 atom stereocenters. The molecule has 96 valence electrons. The number of primary amides is 1. The van der Waals surface area contributed by atoms with E-state index < -0.39 is 0 Å². The molecule has 0 aliphatic rings. The normalized spacial score (nSPS) is 10.9. The molecule has 1 heterocycles. The fourth-order valence-electron chi connectivity index (χ4n) is 2.13.